The number of carbonyl (C=O) groups excluding carboxylic acids is 1. The molecule has 0 saturated heterocycles. The molecule has 0 fully saturated rings. The van der Waals surface area contributed by atoms with Crippen LogP contribution in [-0.2, 0) is 0 Å². The zero-order chi connectivity index (χ0) is 16.0. The summed E-state index contributed by atoms with van der Waals surface area (Å²) in [7, 11) is 1.41. The lowest BCUT2D eigenvalue weighted by Gasteiger charge is -2.18. The van der Waals surface area contributed by atoms with Crippen molar-refractivity contribution in [3.05, 3.63) is 29.3 Å². The highest BCUT2D eigenvalue weighted by molar-refractivity contribution is 5.98. The SMILES string of the molecule is COc1cc(C(=O)O)cc(C(=O)NCC(CO)C(C)C)c1. The fraction of sp³-hybridized carbons (Fsp3) is 0.467. The van der Waals surface area contributed by atoms with Gasteiger partial charge in [-0.3, -0.25) is 4.79 Å². The van der Waals surface area contributed by atoms with E-state index in [0.29, 0.717) is 12.3 Å². The highest BCUT2D eigenvalue weighted by atomic mass is 16.5. The van der Waals surface area contributed by atoms with Gasteiger partial charge < -0.3 is 20.3 Å². The van der Waals surface area contributed by atoms with Gasteiger partial charge in [0.05, 0.1) is 12.7 Å². The molecule has 1 unspecified atom stereocenters. The first-order valence-corrected chi connectivity index (χ1v) is 6.70. The van der Waals surface area contributed by atoms with Crippen LogP contribution in [0.5, 0.6) is 5.75 Å². The molecule has 116 valence electrons. The predicted octanol–water partition coefficient (Wildman–Crippen LogP) is 1.39. The van der Waals surface area contributed by atoms with Gasteiger partial charge in [0.1, 0.15) is 5.75 Å². The molecule has 6 heteroatoms. The Labute approximate surface area is 123 Å². The number of aliphatic hydroxyl groups is 1. The van der Waals surface area contributed by atoms with Gasteiger partial charge in [0, 0.05) is 24.6 Å². The number of carbonyl (C=O) groups is 2. The summed E-state index contributed by atoms with van der Waals surface area (Å²) in [4.78, 5) is 23.1. The molecule has 0 aliphatic heterocycles. The Morgan fingerprint density at radius 1 is 1.24 bits per heavy atom. The van der Waals surface area contributed by atoms with Gasteiger partial charge in [-0.2, -0.15) is 0 Å². The molecule has 3 N–H and O–H groups in total. The summed E-state index contributed by atoms with van der Waals surface area (Å²) < 4.78 is 5.00. The minimum Gasteiger partial charge on any atom is -0.497 e. The maximum atomic E-state index is 12.1. The van der Waals surface area contributed by atoms with Crippen molar-refractivity contribution in [2.75, 3.05) is 20.3 Å². The van der Waals surface area contributed by atoms with Gasteiger partial charge in [-0.05, 0) is 24.1 Å². The van der Waals surface area contributed by atoms with Gasteiger partial charge in [0.25, 0.3) is 5.91 Å². The van der Waals surface area contributed by atoms with Crippen LogP contribution in [0.15, 0.2) is 18.2 Å². The molecule has 0 radical (unpaired) electrons. The smallest absolute Gasteiger partial charge is 0.335 e. The maximum Gasteiger partial charge on any atom is 0.335 e. The summed E-state index contributed by atoms with van der Waals surface area (Å²) in [5.74, 6) is -1.02. The van der Waals surface area contributed by atoms with Crippen molar-refractivity contribution in [3.8, 4) is 5.75 Å². The van der Waals surface area contributed by atoms with Crippen LogP contribution < -0.4 is 10.1 Å². The average molecular weight is 295 g/mol. The van der Waals surface area contributed by atoms with Gasteiger partial charge >= 0.3 is 5.97 Å². The average Bonchev–Trinajstić information content (AvgIpc) is 2.46. The first kappa shape index (κ1) is 17.0. The second-order valence-electron chi connectivity index (χ2n) is 5.15. The topological polar surface area (TPSA) is 95.9 Å². The monoisotopic (exact) mass is 295 g/mol. The Bertz CT molecular complexity index is 513. The van der Waals surface area contributed by atoms with Crippen LogP contribution in [0.2, 0.25) is 0 Å². The van der Waals surface area contributed by atoms with Crippen molar-refractivity contribution >= 4 is 11.9 Å². The molecule has 1 rings (SSSR count). The molecule has 21 heavy (non-hydrogen) atoms. The number of hydrogen-bond acceptors (Lipinski definition) is 4. The predicted molar refractivity (Wildman–Crippen MR) is 77.7 cm³/mol. The van der Waals surface area contributed by atoms with Gasteiger partial charge in [-0.25, -0.2) is 4.79 Å². The molecule has 0 aromatic heterocycles. The number of benzene rings is 1. The lowest BCUT2D eigenvalue weighted by Crippen LogP contribution is -2.33. The second kappa shape index (κ2) is 7.64. The number of aliphatic hydroxyl groups excluding tert-OH is 1. The molecule has 0 saturated carbocycles. The highest BCUT2D eigenvalue weighted by Crippen LogP contribution is 2.17. The number of aromatic carboxylic acids is 1. The van der Waals surface area contributed by atoms with Crippen LogP contribution in [-0.4, -0.2) is 42.4 Å². The number of rotatable bonds is 7. The van der Waals surface area contributed by atoms with E-state index in [0.717, 1.165) is 0 Å². The van der Waals surface area contributed by atoms with Crippen molar-refractivity contribution in [3.63, 3.8) is 0 Å². The first-order chi connectivity index (χ1) is 9.88. The van der Waals surface area contributed by atoms with Gasteiger partial charge in [-0.1, -0.05) is 13.8 Å². The van der Waals surface area contributed by atoms with E-state index in [2.05, 4.69) is 5.32 Å². The summed E-state index contributed by atoms with van der Waals surface area (Å²) >= 11 is 0. The Balaban J connectivity index is 2.86. The summed E-state index contributed by atoms with van der Waals surface area (Å²) in [6.07, 6.45) is 0. The molecule has 0 aliphatic carbocycles. The van der Waals surface area contributed by atoms with E-state index in [1.165, 1.54) is 25.3 Å². The van der Waals surface area contributed by atoms with Crippen LogP contribution in [0.25, 0.3) is 0 Å². The molecule has 0 aliphatic rings. The standard InChI is InChI=1S/C15H21NO5/c1-9(2)12(8-17)7-16-14(18)10-4-11(15(19)20)6-13(5-10)21-3/h4-6,9,12,17H,7-8H2,1-3H3,(H,16,18)(H,19,20). The van der Waals surface area contributed by atoms with Crippen LogP contribution in [0.1, 0.15) is 34.6 Å². The lowest BCUT2D eigenvalue weighted by molar-refractivity contribution is 0.0696. The molecule has 1 aromatic carbocycles. The molecule has 1 aromatic rings. The maximum absolute atomic E-state index is 12.1. The van der Waals surface area contributed by atoms with Crippen molar-refractivity contribution < 1.29 is 24.5 Å². The Hall–Kier alpha value is -2.08. The third-order valence-corrected chi connectivity index (χ3v) is 3.35. The molecule has 6 nitrogen and oxygen atoms in total. The normalized spacial score (nSPS) is 12.0. The van der Waals surface area contributed by atoms with Crippen molar-refractivity contribution in [2.24, 2.45) is 11.8 Å². The Morgan fingerprint density at radius 2 is 1.86 bits per heavy atom. The van der Waals surface area contributed by atoms with E-state index in [1.807, 2.05) is 13.8 Å². The summed E-state index contributed by atoms with van der Waals surface area (Å²) in [5.41, 5.74) is 0.203. The number of methoxy groups -OCH3 is 1. The summed E-state index contributed by atoms with van der Waals surface area (Å²) in [5, 5.41) is 21.0. The van der Waals surface area contributed by atoms with E-state index in [9.17, 15) is 14.7 Å². The van der Waals surface area contributed by atoms with Crippen LogP contribution >= 0.6 is 0 Å². The second-order valence-corrected chi connectivity index (χ2v) is 5.15. The number of hydrogen-bond donors (Lipinski definition) is 3. The largest absolute Gasteiger partial charge is 0.497 e. The quantitative estimate of drug-likeness (QED) is 0.706. The van der Waals surface area contributed by atoms with Crippen molar-refractivity contribution in [2.45, 2.75) is 13.8 Å². The number of carboxylic acid groups (broad SMARTS) is 1. The zero-order valence-electron chi connectivity index (χ0n) is 12.4. The Kier molecular flexibility index (Phi) is 6.17. The Morgan fingerprint density at radius 3 is 2.33 bits per heavy atom. The van der Waals surface area contributed by atoms with Crippen LogP contribution in [0.3, 0.4) is 0 Å². The minimum absolute atomic E-state index is 0.0120. The molecule has 0 bridgehead atoms. The molecular formula is C15H21NO5. The minimum atomic E-state index is -1.13. The van der Waals surface area contributed by atoms with Crippen molar-refractivity contribution in [1.82, 2.24) is 5.32 Å². The first-order valence-electron chi connectivity index (χ1n) is 6.70. The zero-order valence-corrected chi connectivity index (χ0v) is 12.4. The number of ether oxygens (including phenoxy) is 1. The van der Waals surface area contributed by atoms with E-state index < -0.39 is 11.9 Å². The van der Waals surface area contributed by atoms with Gasteiger partial charge in [0.2, 0.25) is 0 Å². The number of nitrogens with one attached hydrogen (secondary N) is 1. The van der Waals surface area contributed by atoms with Gasteiger partial charge in [-0.15, -0.1) is 0 Å². The molecule has 1 amide bonds. The lowest BCUT2D eigenvalue weighted by atomic mass is 9.97. The number of amides is 1. The molecule has 1 atom stereocenters. The fourth-order valence-corrected chi connectivity index (χ4v) is 1.81. The van der Waals surface area contributed by atoms with Gasteiger partial charge in [0.15, 0.2) is 0 Å². The van der Waals surface area contributed by atoms with Crippen molar-refractivity contribution in [1.29, 1.82) is 0 Å². The molecular weight excluding hydrogens is 274 g/mol. The summed E-state index contributed by atoms with van der Waals surface area (Å²) in [6, 6.07) is 4.12. The third-order valence-electron chi connectivity index (χ3n) is 3.35. The highest BCUT2D eigenvalue weighted by Gasteiger charge is 2.16. The molecule has 0 heterocycles. The van der Waals surface area contributed by atoms with Crippen LogP contribution in [0, 0.1) is 11.8 Å². The van der Waals surface area contributed by atoms with Crippen LogP contribution in [0.4, 0.5) is 0 Å². The van der Waals surface area contributed by atoms with E-state index in [1.54, 1.807) is 0 Å². The third kappa shape index (κ3) is 4.75. The summed E-state index contributed by atoms with van der Waals surface area (Å²) in [6.45, 7) is 4.23. The van der Waals surface area contributed by atoms with E-state index >= 15 is 0 Å². The molecule has 0 spiro atoms. The number of carboxylic acids is 1. The van der Waals surface area contributed by atoms with E-state index in [4.69, 9.17) is 9.84 Å². The van der Waals surface area contributed by atoms with E-state index in [-0.39, 0.29) is 29.6 Å². The fourth-order valence-electron chi connectivity index (χ4n) is 1.81.